The molecule has 0 atom stereocenters. The zero-order valence-electron chi connectivity index (χ0n) is 16.9. The second-order valence-corrected chi connectivity index (χ2v) is 7.04. The lowest BCUT2D eigenvalue weighted by molar-refractivity contribution is -0.132. The molecule has 1 fully saturated rings. The van der Waals surface area contributed by atoms with Crippen LogP contribution in [-0.4, -0.2) is 62.1 Å². The minimum atomic E-state index is 0.202. The van der Waals surface area contributed by atoms with Crippen LogP contribution in [-0.2, 0) is 17.6 Å². The van der Waals surface area contributed by atoms with Crippen LogP contribution in [0, 0.1) is 0 Å². The van der Waals surface area contributed by atoms with Crippen LogP contribution >= 0.6 is 0 Å². The highest BCUT2D eigenvalue weighted by atomic mass is 16.5. The summed E-state index contributed by atoms with van der Waals surface area (Å²) in [6.45, 7) is 7.03. The van der Waals surface area contributed by atoms with Crippen molar-refractivity contribution in [1.29, 1.82) is 0 Å². The van der Waals surface area contributed by atoms with Gasteiger partial charge in [-0.25, -0.2) is 0 Å². The fraction of sp³-hybridized carbons (Fsp3) is 0.435. The van der Waals surface area contributed by atoms with Crippen molar-refractivity contribution in [2.24, 2.45) is 0 Å². The molecule has 0 aliphatic carbocycles. The molecule has 1 amide bonds. The van der Waals surface area contributed by atoms with Crippen molar-refractivity contribution in [3.05, 3.63) is 59.7 Å². The minimum Gasteiger partial charge on any atom is -0.496 e. The van der Waals surface area contributed by atoms with Crippen molar-refractivity contribution in [3.8, 4) is 11.5 Å². The van der Waals surface area contributed by atoms with Crippen LogP contribution in [0.25, 0.3) is 0 Å². The van der Waals surface area contributed by atoms with Gasteiger partial charge in [0.05, 0.1) is 20.1 Å². The number of ether oxygens (including phenoxy) is 2. The van der Waals surface area contributed by atoms with E-state index in [1.807, 2.05) is 48.2 Å². The van der Waals surface area contributed by atoms with Gasteiger partial charge in [0.25, 0.3) is 0 Å². The first kappa shape index (κ1) is 20.2. The standard InChI is InChI=1S/C23H30N2O3/c1-3-28-21-10-8-19(9-11-21)18-23(26)25-16-14-24(15-17-25)13-12-20-6-4-5-7-22(20)27-2/h4-11H,3,12-18H2,1-2H3. The van der Waals surface area contributed by atoms with E-state index in [-0.39, 0.29) is 5.91 Å². The van der Waals surface area contributed by atoms with Crippen LogP contribution in [0.4, 0.5) is 0 Å². The molecule has 150 valence electrons. The number of carbonyl (C=O) groups is 1. The highest BCUT2D eigenvalue weighted by Gasteiger charge is 2.21. The molecule has 0 bridgehead atoms. The van der Waals surface area contributed by atoms with Crippen molar-refractivity contribution in [1.82, 2.24) is 9.80 Å². The van der Waals surface area contributed by atoms with Crippen molar-refractivity contribution in [2.45, 2.75) is 19.8 Å². The Balaban J connectivity index is 1.43. The van der Waals surface area contributed by atoms with Gasteiger partial charge in [0.1, 0.15) is 11.5 Å². The Morgan fingerprint density at radius 3 is 2.39 bits per heavy atom. The van der Waals surface area contributed by atoms with Crippen LogP contribution in [0.2, 0.25) is 0 Å². The Bertz CT molecular complexity index is 753. The summed E-state index contributed by atoms with van der Waals surface area (Å²) < 4.78 is 10.9. The minimum absolute atomic E-state index is 0.202. The quantitative estimate of drug-likeness (QED) is 0.704. The molecule has 1 aliphatic heterocycles. The molecule has 0 spiro atoms. The predicted molar refractivity (Wildman–Crippen MR) is 111 cm³/mol. The molecule has 2 aromatic rings. The topological polar surface area (TPSA) is 42.0 Å². The first-order chi connectivity index (χ1) is 13.7. The highest BCUT2D eigenvalue weighted by Crippen LogP contribution is 2.18. The Hall–Kier alpha value is -2.53. The average Bonchev–Trinajstić information content (AvgIpc) is 2.74. The smallest absolute Gasteiger partial charge is 0.227 e. The number of para-hydroxylation sites is 1. The van der Waals surface area contributed by atoms with Gasteiger partial charge in [0, 0.05) is 32.7 Å². The Morgan fingerprint density at radius 2 is 1.71 bits per heavy atom. The number of benzene rings is 2. The van der Waals surface area contributed by atoms with Gasteiger partial charge in [-0.1, -0.05) is 30.3 Å². The molecule has 0 radical (unpaired) electrons. The molecule has 1 saturated heterocycles. The molecule has 0 saturated carbocycles. The summed E-state index contributed by atoms with van der Waals surface area (Å²) in [5, 5.41) is 0. The normalized spacial score (nSPS) is 14.7. The zero-order chi connectivity index (χ0) is 19.8. The van der Waals surface area contributed by atoms with Gasteiger partial charge >= 0.3 is 0 Å². The van der Waals surface area contributed by atoms with Crippen LogP contribution in [0.5, 0.6) is 11.5 Å². The summed E-state index contributed by atoms with van der Waals surface area (Å²) in [5.41, 5.74) is 2.27. The molecule has 0 unspecified atom stereocenters. The van der Waals surface area contributed by atoms with Crippen molar-refractivity contribution < 1.29 is 14.3 Å². The molecule has 0 N–H and O–H groups in total. The van der Waals surface area contributed by atoms with E-state index in [9.17, 15) is 4.79 Å². The number of methoxy groups -OCH3 is 1. The average molecular weight is 383 g/mol. The molecule has 3 rings (SSSR count). The van der Waals surface area contributed by atoms with Crippen molar-refractivity contribution in [2.75, 3.05) is 46.4 Å². The Kier molecular flexibility index (Phi) is 7.31. The van der Waals surface area contributed by atoms with Crippen LogP contribution in [0.1, 0.15) is 18.1 Å². The molecule has 2 aromatic carbocycles. The van der Waals surface area contributed by atoms with E-state index in [0.29, 0.717) is 13.0 Å². The third-order valence-electron chi connectivity index (χ3n) is 5.20. The lowest BCUT2D eigenvalue weighted by atomic mass is 10.1. The SMILES string of the molecule is CCOc1ccc(CC(=O)N2CCN(CCc3ccccc3OC)CC2)cc1. The van der Waals surface area contributed by atoms with Crippen LogP contribution in [0.3, 0.4) is 0 Å². The van der Waals surface area contributed by atoms with Gasteiger partial charge in [-0.3, -0.25) is 9.69 Å². The van der Waals surface area contributed by atoms with E-state index in [2.05, 4.69) is 17.0 Å². The number of hydrogen-bond donors (Lipinski definition) is 0. The van der Waals surface area contributed by atoms with Crippen molar-refractivity contribution in [3.63, 3.8) is 0 Å². The fourth-order valence-electron chi connectivity index (χ4n) is 3.57. The van der Waals surface area contributed by atoms with Gasteiger partial charge in [0.2, 0.25) is 5.91 Å². The van der Waals surface area contributed by atoms with Gasteiger partial charge in [-0.15, -0.1) is 0 Å². The maximum absolute atomic E-state index is 12.6. The second-order valence-electron chi connectivity index (χ2n) is 7.04. The zero-order valence-corrected chi connectivity index (χ0v) is 16.9. The summed E-state index contributed by atoms with van der Waals surface area (Å²) in [7, 11) is 1.72. The summed E-state index contributed by atoms with van der Waals surface area (Å²) in [4.78, 5) is 17.0. The molecular weight excluding hydrogens is 352 g/mol. The number of amides is 1. The van der Waals surface area contributed by atoms with E-state index in [4.69, 9.17) is 9.47 Å². The first-order valence-electron chi connectivity index (χ1n) is 10.0. The fourth-order valence-corrected chi connectivity index (χ4v) is 3.57. The molecule has 1 aliphatic rings. The molecule has 28 heavy (non-hydrogen) atoms. The second kappa shape index (κ2) is 10.1. The van der Waals surface area contributed by atoms with E-state index in [1.165, 1.54) is 5.56 Å². The molecule has 5 nitrogen and oxygen atoms in total. The third-order valence-corrected chi connectivity index (χ3v) is 5.20. The van der Waals surface area contributed by atoms with E-state index in [0.717, 1.165) is 56.2 Å². The maximum Gasteiger partial charge on any atom is 0.227 e. The van der Waals surface area contributed by atoms with Crippen LogP contribution < -0.4 is 9.47 Å². The number of carbonyl (C=O) groups excluding carboxylic acids is 1. The summed E-state index contributed by atoms with van der Waals surface area (Å²) in [5.74, 6) is 2.00. The lowest BCUT2D eigenvalue weighted by Gasteiger charge is -2.35. The summed E-state index contributed by atoms with van der Waals surface area (Å²) >= 11 is 0. The first-order valence-corrected chi connectivity index (χ1v) is 10.0. The third kappa shape index (κ3) is 5.49. The molecular formula is C23H30N2O3. The van der Waals surface area contributed by atoms with Gasteiger partial charge in [-0.05, 0) is 42.7 Å². The predicted octanol–water partition coefficient (Wildman–Crippen LogP) is 3.02. The summed E-state index contributed by atoms with van der Waals surface area (Å²) in [6, 6.07) is 16.0. The number of hydrogen-bond acceptors (Lipinski definition) is 4. The van der Waals surface area contributed by atoms with Gasteiger partial charge in [0.15, 0.2) is 0 Å². The number of piperazine rings is 1. The Labute approximate surface area is 167 Å². The highest BCUT2D eigenvalue weighted by molar-refractivity contribution is 5.79. The molecule has 1 heterocycles. The van der Waals surface area contributed by atoms with E-state index >= 15 is 0 Å². The Morgan fingerprint density at radius 1 is 1.00 bits per heavy atom. The lowest BCUT2D eigenvalue weighted by Crippen LogP contribution is -2.49. The largest absolute Gasteiger partial charge is 0.496 e. The van der Waals surface area contributed by atoms with Crippen molar-refractivity contribution >= 4 is 5.91 Å². The van der Waals surface area contributed by atoms with E-state index < -0.39 is 0 Å². The number of rotatable bonds is 8. The molecule has 0 aromatic heterocycles. The van der Waals surface area contributed by atoms with Crippen LogP contribution in [0.15, 0.2) is 48.5 Å². The van der Waals surface area contributed by atoms with Gasteiger partial charge < -0.3 is 14.4 Å². The van der Waals surface area contributed by atoms with Gasteiger partial charge in [-0.2, -0.15) is 0 Å². The molecule has 5 heteroatoms. The van der Waals surface area contributed by atoms with E-state index in [1.54, 1.807) is 7.11 Å². The summed E-state index contributed by atoms with van der Waals surface area (Å²) in [6.07, 6.45) is 1.41. The maximum atomic E-state index is 12.6. The monoisotopic (exact) mass is 382 g/mol. The number of nitrogens with zero attached hydrogens (tertiary/aromatic N) is 2.